The van der Waals surface area contributed by atoms with Gasteiger partial charge in [0.1, 0.15) is 12.4 Å². The number of nitrogen functional groups attached to an aromatic ring is 1. The van der Waals surface area contributed by atoms with Gasteiger partial charge in [0.2, 0.25) is 0 Å². The normalized spacial score (nSPS) is 21.2. The van der Waals surface area contributed by atoms with Crippen molar-refractivity contribution in [2.75, 3.05) is 23.7 Å². The summed E-state index contributed by atoms with van der Waals surface area (Å²) in [6, 6.07) is 17.2. The standard InChI is InChI=1S/C19H25N3O/c1-14-11-22(12-15(2)21-14)17-8-9-19(18(20)10-17)23-13-16-6-4-3-5-7-16/h3-10,14-15,21H,11-13,20H2,1-2H3. The minimum absolute atomic E-state index is 0.481. The van der Waals surface area contributed by atoms with Crippen LogP contribution in [-0.2, 0) is 6.61 Å². The van der Waals surface area contributed by atoms with Gasteiger partial charge in [-0.2, -0.15) is 0 Å². The topological polar surface area (TPSA) is 50.5 Å². The fraction of sp³-hybridized carbons (Fsp3) is 0.368. The van der Waals surface area contributed by atoms with E-state index in [0.29, 0.717) is 24.4 Å². The molecule has 0 saturated carbocycles. The number of rotatable bonds is 4. The van der Waals surface area contributed by atoms with E-state index < -0.39 is 0 Å². The van der Waals surface area contributed by atoms with Crippen molar-refractivity contribution in [3.63, 3.8) is 0 Å². The van der Waals surface area contributed by atoms with Crippen LogP contribution in [0.1, 0.15) is 19.4 Å². The number of nitrogens with two attached hydrogens (primary N) is 1. The van der Waals surface area contributed by atoms with Crippen LogP contribution in [0.4, 0.5) is 11.4 Å². The Bertz CT molecular complexity index is 634. The quantitative estimate of drug-likeness (QED) is 0.852. The Morgan fingerprint density at radius 3 is 2.43 bits per heavy atom. The largest absolute Gasteiger partial charge is 0.487 e. The molecule has 2 aromatic carbocycles. The molecule has 0 spiro atoms. The van der Waals surface area contributed by atoms with E-state index >= 15 is 0 Å². The third-order valence-corrected chi connectivity index (χ3v) is 4.15. The van der Waals surface area contributed by atoms with E-state index in [1.165, 1.54) is 0 Å². The van der Waals surface area contributed by atoms with Crippen LogP contribution < -0.4 is 20.7 Å². The number of piperazine rings is 1. The summed E-state index contributed by atoms with van der Waals surface area (Å²) in [5, 5.41) is 3.55. The summed E-state index contributed by atoms with van der Waals surface area (Å²) in [6.07, 6.45) is 0. The second-order valence-electron chi connectivity index (χ2n) is 6.37. The lowest BCUT2D eigenvalue weighted by molar-refractivity contribution is 0.308. The molecule has 0 radical (unpaired) electrons. The maximum atomic E-state index is 6.19. The zero-order valence-electron chi connectivity index (χ0n) is 13.8. The lowest BCUT2D eigenvalue weighted by Crippen LogP contribution is -2.54. The van der Waals surface area contributed by atoms with Crippen LogP contribution in [0.15, 0.2) is 48.5 Å². The van der Waals surface area contributed by atoms with Gasteiger partial charge in [0.15, 0.2) is 0 Å². The Morgan fingerprint density at radius 2 is 1.78 bits per heavy atom. The van der Waals surface area contributed by atoms with Crippen molar-refractivity contribution in [3.05, 3.63) is 54.1 Å². The highest BCUT2D eigenvalue weighted by atomic mass is 16.5. The molecule has 0 aliphatic carbocycles. The van der Waals surface area contributed by atoms with E-state index in [2.05, 4.69) is 30.1 Å². The molecule has 1 saturated heterocycles. The van der Waals surface area contributed by atoms with E-state index in [0.717, 1.165) is 30.1 Å². The Hall–Kier alpha value is -2.20. The molecule has 2 unspecified atom stereocenters. The highest BCUT2D eigenvalue weighted by Crippen LogP contribution is 2.29. The zero-order chi connectivity index (χ0) is 16.2. The van der Waals surface area contributed by atoms with Gasteiger partial charge in [0.05, 0.1) is 5.69 Å². The van der Waals surface area contributed by atoms with Crippen molar-refractivity contribution >= 4 is 11.4 Å². The number of hydrogen-bond acceptors (Lipinski definition) is 4. The summed E-state index contributed by atoms with van der Waals surface area (Å²) >= 11 is 0. The Labute approximate surface area is 138 Å². The first-order chi connectivity index (χ1) is 11.1. The summed E-state index contributed by atoms with van der Waals surface area (Å²) in [5.74, 6) is 0.744. The molecule has 1 aliphatic heterocycles. The first-order valence-corrected chi connectivity index (χ1v) is 8.19. The van der Waals surface area contributed by atoms with Gasteiger partial charge < -0.3 is 20.7 Å². The molecule has 122 valence electrons. The van der Waals surface area contributed by atoms with Crippen molar-refractivity contribution in [2.45, 2.75) is 32.5 Å². The number of ether oxygens (including phenoxy) is 1. The van der Waals surface area contributed by atoms with Gasteiger partial charge in [-0.25, -0.2) is 0 Å². The van der Waals surface area contributed by atoms with Crippen LogP contribution in [0.2, 0.25) is 0 Å². The van der Waals surface area contributed by atoms with Crippen molar-refractivity contribution in [3.8, 4) is 5.75 Å². The Morgan fingerprint density at radius 1 is 1.09 bits per heavy atom. The molecule has 4 heteroatoms. The minimum Gasteiger partial charge on any atom is -0.487 e. The second kappa shape index (κ2) is 6.92. The van der Waals surface area contributed by atoms with Crippen LogP contribution in [0.3, 0.4) is 0 Å². The lowest BCUT2D eigenvalue weighted by atomic mass is 10.1. The van der Waals surface area contributed by atoms with Crippen molar-refractivity contribution < 1.29 is 4.74 Å². The zero-order valence-corrected chi connectivity index (χ0v) is 13.8. The molecule has 1 heterocycles. The molecule has 2 aromatic rings. The van der Waals surface area contributed by atoms with E-state index in [1.807, 2.05) is 42.5 Å². The van der Waals surface area contributed by atoms with E-state index in [-0.39, 0.29) is 0 Å². The van der Waals surface area contributed by atoms with Gasteiger partial charge in [0, 0.05) is 30.9 Å². The third-order valence-electron chi connectivity index (χ3n) is 4.15. The number of hydrogen-bond donors (Lipinski definition) is 2. The highest BCUT2D eigenvalue weighted by Gasteiger charge is 2.21. The number of nitrogens with one attached hydrogen (secondary N) is 1. The van der Waals surface area contributed by atoms with Crippen molar-refractivity contribution in [1.29, 1.82) is 0 Å². The highest BCUT2D eigenvalue weighted by molar-refractivity contribution is 5.63. The van der Waals surface area contributed by atoms with Crippen LogP contribution in [0.5, 0.6) is 5.75 Å². The van der Waals surface area contributed by atoms with E-state index in [9.17, 15) is 0 Å². The average Bonchev–Trinajstić information content (AvgIpc) is 2.54. The summed E-state index contributed by atoms with van der Waals surface area (Å²) < 4.78 is 5.85. The molecule has 1 aliphatic rings. The first-order valence-electron chi connectivity index (χ1n) is 8.19. The smallest absolute Gasteiger partial charge is 0.142 e. The Kier molecular flexibility index (Phi) is 4.72. The van der Waals surface area contributed by atoms with Gasteiger partial charge >= 0.3 is 0 Å². The van der Waals surface area contributed by atoms with Gasteiger partial charge in [0.25, 0.3) is 0 Å². The summed E-state index contributed by atoms with van der Waals surface area (Å²) in [6.45, 7) is 6.95. The average molecular weight is 311 g/mol. The summed E-state index contributed by atoms with van der Waals surface area (Å²) in [5.41, 5.74) is 9.19. The molecule has 0 amide bonds. The van der Waals surface area contributed by atoms with Crippen molar-refractivity contribution in [2.24, 2.45) is 0 Å². The molecule has 2 atom stereocenters. The SMILES string of the molecule is CC1CN(c2ccc(OCc3ccccc3)c(N)c2)CC(C)N1. The van der Waals surface area contributed by atoms with Crippen LogP contribution >= 0.6 is 0 Å². The van der Waals surface area contributed by atoms with E-state index in [1.54, 1.807) is 0 Å². The fourth-order valence-electron chi connectivity index (χ4n) is 3.14. The summed E-state index contributed by atoms with van der Waals surface area (Å²) in [7, 11) is 0. The number of benzene rings is 2. The van der Waals surface area contributed by atoms with Gasteiger partial charge in [-0.1, -0.05) is 30.3 Å². The van der Waals surface area contributed by atoms with Crippen LogP contribution in [0.25, 0.3) is 0 Å². The molecule has 0 bridgehead atoms. The molecule has 23 heavy (non-hydrogen) atoms. The second-order valence-corrected chi connectivity index (χ2v) is 6.37. The maximum absolute atomic E-state index is 6.19. The summed E-state index contributed by atoms with van der Waals surface area (Å²) in [4.78, 5) is 2.38. The molecule has 0 aromatic heterocycles. The molecule has 3 N–H and O–H groups in total. The van der Waals surface area contributed by atoms with Crippen LogP contribution in [0, 0.1) is 0 Å². The third kappa shape index (κ3) is 3.96. The predicted molar refractivity (Wildman–Crippen MR) is 95.9 cm³/mol. The molecular formula is C19H25N3O. The molecule has 3 rings (SSSR count). The maximum Gasteiger partial charge on any atom is 0.142 e. The monoisotopic (exact) mass is 311 g/mol. The molecule has 4 nitrogen and oxygen atoms in total. The number of nitrogens with zero attached hydrogens (tertiary/aromatic N) is 1. The van der Waals surface area contributed by atoms with E-state index in [4.69, 9.17) is 10.5 Å². The fourth-order valence-corrected chi connectivity index (χ4v) is 3.14. The van der Waals surface area contributed by atoms with Crippen molar-refractivity contribution in [1.82, 2.24) is 5.32 Å². The predicted octanol–water partition coefficient (Wildman–Crippen LogP) is 3.03. The van der Waals surface area contributed by atoms with Crippen LogP contribution in [-0.4, -0.2) is 25.2 Å². The molecule has 1 fully saturated rings. The van der Waals surface area contributed by atoms with Gasteiger partial charge in [-0.05, 0) is 37.6 Å². The lowest BCUT2D eigenvalue weighted by Gasteiger charge is -2.37. The number of anilines is 2. The minimum atomic E-state index is 0.481. The Balaban J connectivity index is 1.68. The van der Waals surface area contributed by atoms with Gasteiger partial charge in [-0.3, -0.25) is 0 Å². The van der Waals surface area contributed by atoms with Gasteiger partial charge in [-0.15, -0.1) is 0 Å². The first kappa shape index (κ1) is 15.7. The molecular weight excluding hydrogens is 286 g/mol.